The summed E-state index contributed by atoms with van der Waals surface area (Å²) >= 11 is 9.39. The highest BCUT2D eigenvalue weighted by Gasteiger charge is 2.02. The molecule has 0 spiro atoms. The molecule has 0 saturated heterocycles. The van der Waals surface area contributed by atoms with E-state index in [2.05, 4.69) is 33.2 Å². The van der Waals surface area contributed by atoms with Gasteiger partial charge in [0.1, 0.15) is 5.82 Å². The van der Waals surface area contributed by atoms with E-state index in [0.717, 1.165) is 23.3 Å². The van der Waals surface area contributed by atoms with Crippen molar-refractivity contribution in [2.75, 3.05) is 11.9 Å². The Morgan fingerprint density at radius 2 is 2.36 bits per heavy atom. The topological polar surface area (TPSA) is 24.9 Å². The first-order chi connectivity index (χ1) is 6.63. The molecule has 0 bridgehead atoms. The number of hydrogen-bond acceptors (Lipinski definition) is 2. The van der Waals surface area contributed by atoms with Crippen LogP contribution in [0.2, 0.25) is 0 Å². The molecular formula is C10H14BrClN2. The lowest BCUT2D eigenvalue weighted by molar-refractivity contribution is 0.840. The predicted octanol–water partition coefficient (Wildman–Crippen LogP) is 3.58. The van der Waals surface area contributed by atoms with Gasteiger partial charge in [0.15, 0.2) is 0 Å². The Kier molecular flexibility index (Phi) is 4.69. The lowest BCUT2D eigenvalue weighted by Crippen LogP contribution is -2.13. The second-order valence-electron chi connectivity index (χ2n) is 3.21. The van der Waals surface area contributed by atoms with Gasteiger partial charge in [-0.05, 0) is 40.9 Å². The lowest BCUT2D eigenvalue weighted by Gasteiger charge is -2.09. The van der Waals surface area contributed by atoms with Crippen LogP contribution in [0.5, 0.6) is 0 Å². The van der Waals surface area contributed by atoms with E-state index >= 15 is 0 Å². The Balaban J connectivity index is 2.55. The number of pyridine rings is 1. The molecule has 2 nitrogen and oxygen atoms in total. The summed E-state index contributed by atoms with van der Waals surface area (Å²) in [6.45, 7) is 4.86. The zero-order valence-corrected chi connectivity index (χ0v) is 10.7. The number of aromatic nitrogens is 1. The van der Waals surface area contributed by atoms with Gasteiger partial charge in [-0.3, -0.25) is 0 Å². The maximum Gasteiger partial charge on any atom is 0.126 e. The van der Waals surface area contributed by atoms with Crippen molar-refractivity contribution in [2.45, 2.75) is 25.6 Å². The second-order valence-corrected chi connectivity index (χ2v) is 4.68. The number of aryl methyl sites for hydroxylation is 1. The van der Waals surface area contributed by atoms with Gasteiger partial charge in [-0.2, -0.15) is 0 Å². The van der Waals surface area contributed by atoms with Gasteiger partial charge < -0.3 is 5.32 Å². The molecule has 1 unspecified atom stereocenters. The van der Waals surface area contributed by atoms with E-state index in [1.165, 1.54) is 5.56 Å². The third-order valence-electron chi connectivity index (χ3n) is 1.99. The van der Waals surface area contributed by atoms with Crippen molar-refractivity contribution in [2.24, 2.45) is 0 Å². The molecule has 1 rings (SSSR count). The van der Waals surface area contributed by atoms with E-state index in [0.29, 0.717) is 0 Å². The molecule has 0 aliphatic heterocycles. The smallest absolute Gasteiger partial charge is 0.126 e. The van der Waals surface area contributed by atoms with Crippen molar-refractivity contribution in [1.82, 2.24) is 4.98 Å². The van der Waals surface area contributed by atoms with Gasteiger partial charge in [0.2, 0.25) is 0 Å². The summed E-state index contributed by atoms with van der Waals surface area (Å²) in [5.74, 6) is 0.879. The molecule has 1 heterocycles. The summed E-state index contributed by atoms with van der Waals surface area (Å²) in [5, 5.41) is 3.37. The Labute approximate surface area is 98.2 Å². The molecule has 0 amide bonds. The van der Waals surface area contributed by atoms with Crippen LogP contribution in [0.4, 0.5) is 5.82 Å². The van der Waals surface area contributed by atoms with E-state index in [1.54, 1.807) is 6.20 Å². The molecule has 78 valence electrons. The molecule has 14 heavy (non-hydrogen) atoms. The van der Waals surface area contributed by atoms with Crippen molar-refractivity contribution < 1.29 is 0 Å². The Hall–Kier alpha value is -0.280. The van der Waals surface area contributed by atoms with Crippen LogP contribution >= 0.6 is 27.5 Å². The quantitative estimate of drug-likeness (QED) is 0.851. The van der Waals surface area contributed by atoms with Gasteiger partial charge in [0, 0.05) is 17.2 Å². The van der Waals surface area contributed by atoms with Crippen LogP contribution in [0.15, 0.2) is 16.7 Å². The fraction of sp³-hybridized carbons (Fsp3) is 0.500. The second kappa shape index (κ2) is 5.56. The molecule has 0 saturated carbocycles. The molecule has 4 heteroatoms. The highest BCUT2D eigenvalue weighted by molar-refractivity contribution is 9.10. The number of rotatable bonds is 4. The summed E-state index contributed by atoms with van der Waals surface area (Å²) in [6, 6.07) is 2.00. The number of halogens is 2. The monoisotopic (exact) mass is 276 g/mol. The van der Waals surface area contributed by atoms with Gasteiger partial charge in [-0.1, -0.05) is 6.92 Å². The zero-order valence-electron chi connectivity index (χ0n) is 8.35. The number of nitrogens with zero attached hydrogens (tertiary/aromatic N) is 1. The van der Waals surface area contributed by atoms with Crippen LogP contribution in [0.1, 0.15) is 18.9 Å². The average molecular weight is 278 g/mol. The zero-order chi connectivity index (χ0) is 10.6. The average Bonchev–Trinajstić information content (AvgIpc) is 2.19. The SMILES string of the molecule is CCC(Cl)CNc1cc(C)c(Br)cn1. The molecule has 0 aliphatic rings. The van der Waals surface area contributed by atoms with Crippen molar-refractivity contribution in [3.63, 3.8) is 0 Å². The highest BCUT2D eigenvalue weighted by atomic mass is 79.9. The lowest BCUT2D eigenvalue weighted by atomic mass is 10.3. The van der Waals surface area contributed by atoms with Crippen molar-refractivity contribution in [3.8, 4) is 0 Å². The summed E-state index contributed by atoms with van der Waals surface area (Å²) < 4.78 is 1.03. The Bertz CT molecular complexity index is 304. The minimum atomic E-state index is 0.167. The standard InChI is InChI=1S/C10H14BrClN2/c1-3-8(12)5-13-10-4-7(2)9(11)6-14-10/h4,6,8H,3,5H2,1-2H3,(H,13,14). The number of alkyl halides is 1. The molecule has 0 aromatic carbocycles. The first kappa shape index (κ1) is 11.8. The third-order valence-corrected chi connectivity index (χ3v) is 3.29. The molecule has 0 fully saturated rings. The van der Waals surface area contributed by atoms with Gasteiger partial charge in [0.25, 0.3) is 0 Å². The minimum absolute atomic E-state index is 0.167. The van der Waals surface area contributed by atoms with Crippen LogP contribution < -0.4 is 5.32 Å². The predicted molar refractivity (Wildman–Crippen MR) is 65.1 cm³/mol. The van der Waals surface area contributed by atoms with Crippen LogP contribution in [0, 0.1) is 6.92 Å². The molecule has 1 aromatic heterocycles. The number of nitrogens with one attached hydrogen (secondary N) is 1. The molecule has 0 radical (unpaired) electrons. The Morgan fingerprint density at radius 3 is 2.93 bits per heavy atom. The van der Waals surface area contributed by atoms with Crippen LogP contribution in [0.3, 0.4) is 0 Å². The van der Waals surface area contributed by atoms with Crippen molar-refractivity contribution in [1.29, 1.82) is 0 Å². The van der Waals surface area contributed by atoms with E-state index in [1.807, 2.05) is 13.0 Å². The summed E-state index contributed by atoms with van der Waals surface area (Å²) in [7, 11) is 0. The molecule has 1 aromatic rings. The van der Waals surface area contributed by atoms with E-state index in [4.69, 9.17) is 11.6 Å². The van der Waals surface area contributed by atoms with Crippen molar-refractivity contribution in [3.05, 3.63) is 22.3 Å². The van der Waals surface area contributed by atoms with E-state index in [9.17, 15) is 0 Å². The van der Waals surface area contributed by atoms with Crippen LogP contribution in [-0.2, 0) is 0 Å². The summed E-state index contributed by atoms with van der Waals surface area (Å²) in [4.78, 5) is 4.23. The first-order valence-electron chi connectivity index (χ1n) is 4.63. The normalized spacial score (nSPS) is 12.6. The fourth-order valence-corrected chi connectivity index (χ4v) is 1.29. The van der Waals surface area contributed by atoms with Crippen LogP contribution in [0.25, 0.3) is 0 Å². The maximum absolute atomic E-state index is 5.99. The van der Waals surface area contributed by atoms with Gasteiger partial charge >= 0.3 is 0 Å². The van der Waals surface area contributed by atoms with E-state index < -0.39 is 0 Å². The van der Waals surface area contributed by atoms with Gasteiger partial charge in [0.05, 0.1) is 5.38 Å². The number of hydrogen-bond donors (Lipinski definition) is 1. The number of anilines is 1. The largest absolute Gasteiger partial charge is 0.369 e. The van der Waals surface area contributed by atoms with E-state index in [-0.39, 0.29) is 5.38 Å². The Morgan fingerprint density at radius 1 is 1.64 bits per heavy atom. The van der Waals surface area contributed by atoms with Crippen LogP contribution in [-0.4, -0.2) is 16.9 Å². The highest BCUT2D eigenvalue weighted by Crippen LogP contribution is 2.17. The molecular weight excluding hydrogens is 263 g/mol. The summed E-state index contributed by atoms with van der Waals surface area (Å²) in [6.07, 6.45) is 2.76. The summed E-state index contributed by atoms with van der Waals surface area (Å²) in [5.41, 5.74) is 1.17. The fourth-order valence-electron chi connectivity index (χ4n) is 0.996. The van der Waals surface area contributed by atoms with Gasteiger partial charge in [-0.25, -0.2) is 4.98 Å². The first-order valence-corrected chi connectivity index (χ1v) is 5.86. The van der Waals surface area contributed by atoms with Gasteiger partial charge in [-0.15, -0.1) is 11.6 Å². The molecule has 0 aliphatic carbocycles. The van der Waals surface area contributed by atoms with Crippen molar-refractivity contribution >= 4 is 33.3 Å². The molecule has 1 N–H and O–H groups in total. The minimum Gasteiger partial charge on any atom is -0.369 e. The third kappa shape index (κ3) is 3.46. The maximum atomic E-state index is 5.99. The molecule has 1 atom stereocenters.